The number of carboxylic acids is 1. The molecule has 2 N–H and O–H groups in total. The third kappa shape index (κ3) is 2.87. The van der Waals surface area contributed by atoms with E-state index in [4.69, 9.17) is 5.11 Å². The zero-order valence-electron chi connectivity index (χ0n) is 15.6. The molecule has 4 rings (SSSR count). The molecule has 0 radical (unpaired) electrons. The third-order valence-electron chi connectivity index (χ3n) is 6.72. The lowest BCUT2D eigenvalue weighted by molar-refractivity contribution is -0.143. The van der Waals surface area contributed by atoms with Crippen LogP contribution in [0.5, 0.6) is 0 Å². The molecule has 26 heavy (non-hydrogen) atoms. The molecule has 1 aliphatic heterocycles. The Balaban J connectivity index is 1.48. The number of carbonyl (C=O) groups is 2. The molecule has 1 aromatic rings. The highest BCUT2D eigenvalue weighted by molar-refractivity contribution is 5.76. The van der Waals surface area contributed by atoms with Gasteiger partial charge in [0.05, 0.1) is 12.0 Å². The number of hydrogen-bond acceptors (Lipinski definition) is 2. The topological polar surface area (TPSA) is 69.6 Å². The largest absolute Gasteiger partial charge is 0.481 e. The number of nitrogens with zero attached hydrogens (tertiary/aromatic N) is 1. The first kappa shape index (κ1) is 17.4. The number of nitrogens with one attached hydrogen (secondary N) is 1. The molecule has 0 bridgehead atoms. The molecule has 5 nitrogen and oxygen atoms in total. The number of aliphatic carboxylic acids is 1. The predicted octanol–water partition coefficient (Wildman–Crippen LogP) is 3.79. The zero-order chi connectivity index (χ0) is 18.5. The van der Waals surface area contributed by atoms with Gasteiger partial charge in [-0.2, -0.15) is 0 Å². The van der Waals surface area contributed by atoms with Crippen molar-refractivity contribution in [2.75, 3.05) is 13.1 Å². The summed E-state index contributed by atoms with van der Waals surface area (Å²) in [4.78, 5) is 25.6. The number of carbonyl (C=O) groups excluding carboxylic acids is 1. The minimum absolute atomic E-state index is 0.0469. The molecule has 0 spiro atoms. The number of rotatable bonds is 2. The Kier molecular flexibility index (Phi) is 4.20. The molecule has 140 valence electrons. The summed E-state index contributed by atoms with van der Waals surface area (Å²) >= 11 is 0. The fourth-order valence-corrected chi connectivity index (χ4v) is 5.10. The normalized spacial score (nSPS) is 27.1. The summed E-state index contributed by atoms with van der Waals surface area (Å²) in [6.45, 7) is 5.69. The lowest BCUT2D eigenvalue weighted by Gasteiger charge is -2.35. The molecule has 3 aliphatic rings. The van der Waals surface area contributed by atoms with E-state index in [9.17, 15) is 9.59 Å². The summed E-state index contributed by atoms with van der Waals surface area (Å²) in [5, 5.41) is 12.3. The van der Waals surface area contributed by atoms with Crippen LogP contribution in [-0.4, -0.2) is 35.1 Å². The summed E-state index contributed by atoms with van der Waals surface area (Å²) in [5.41, 5.74) is 4.41. The minimum atomic E-state index is -0.744. The first-order chi connectivity index (χ1) is 12.4. The van der Waals surface area contributed by atoms with Gasteiger partial charge in [-0.3, -0.25) is 4.79 Å². The quantitative estimate of drug-likeness (QED) is 0.847. The molecular formula is C21H28N2O3. The van der Waals surface area contributed by atoms with E-state index in [1.54, 1.807) is 4.90 Å². The van der Waals surface area contributed by atoms with E-state index in [1.807, 2.05) is 0 Å². The van der Waals surface area contributed by atoms with Gasteiger partial charge < -0.3 is 15.3 Å². The first-order valence-corrected chi connectivity index (χ1v) is 9.78. The SMILES string of the molecule is CC1(C)CCC2CC(NC(=O)N3CCC(C(=O)O)CC3)c3cccc1c32. The predicted molar refractivity (Wildman–Crippen MR) is 99.3 cm³/mol. The average Bonchev–Trinajstić information content (AvgIpc) is 2.97. The van der Waals surface area contributed by atoms with Gasteiger partial charge in [-0.15, -0.1) is 0 Å². The van der Waals surface area contributed by atoms with Crippen molar-refractivity contribution in [3.8, 4) is 0 Å². The maximum atomic E-state index is 12.7. The van der Waals surface area contributed by atoms with Crippen LogP contribution in [0.2, 0.25) is 0 Å². The average molecular weight is 356 g/mol. The van der Waals surface area contributed by atoms with E-state index in [-0.39, 0.29) is 23.4 Å². The molecule has 1 heterocycles. The Morgan fingerprint density at radius 1 is 1.19 bits per heavy atom. The Labute approximate surface area is 154 Å². The molecule has 1 aromatic carbocycles. The number of amides is 2. The fourth-order valence-electron chi connectivity index (χ4n) is 5.10. The van der Waals surface area contributed by atoms with E-state index in [0.29, 0.717) is 31.8 Å². The smallest absolute Gasteiger partial charge is 0.317 e. The molecule has 2 amide bonds. The summed E-state index contributed by atoms with van der Waals surface area (Å²) in [6.07, 6.45) is 4.46. The molecule has 2 unspecified atom stereocenters. The Morgan fingerprint density at radius 3 is 2.62 bits per heavy atom. The van der Waals surface area contributed by atoms with Crippen molar-refractivity contribution in [1.82, 2.24) is 10.2 Å². The van der Waals surface area contributed by atoms with Crippen LogP contribution in [0.3, 0.4) is 0 Å². The van der Waals surface area contributed by atoms with E-state index < -0.39 is 5.97 Å². The molecule has 1 fully saturated rings. The highest BCUT2D eigenvalue weighted by atomic mass is 16.4. The zero-order valence-corrected chi connectivity index (χ0v) is 15.6. The van der Waals surface area contributed by atoms with Gasteiger partial charge in [0.15, 0.2) is 0 Å². The van der Waals surface area contributed by atoms with Crippen LogP contribution in [-0.2, 0) is 10.2 Å². The van der Waals surface area contributed by atoms with E-state index in [0.717, 1.165) is 6.42 Å². The van der Waals surface area contributed by atoms with Gasteiger partial charge in [0.1, 0.15) is 0 Å². The van der Waals surface area contributed by atoms with Crippen LogP contribution in [0.25, 0.3) is 0 Å². The number of hydrogen-bond donors (Lipinski definition) is 2. The summed E-state index contributed by atoms with van der Waals surface area (Å²) < 4.78 is 0. The Hall–Kier alpha value is -2.04. The Morgan fingerprint density at radius 2 is 1.92 bits per heavy atom. The lowest BCUT2D eigenvalue weighted by atomic mass is 9.69. The fraction of sp³-hybridized carbons (Fsp3) is 0.619. The van der Waals surface area contributed by atoms with Gasteiger partial charge in [-0.25, -0.2) is 4.79 Å². The van der Waals surface area contributed by atoms with Crippen molar-refractivity contribution < 1.29 is 14.7 Å². The molecular weight excluding hydrogens is 328 g/mol. The van der Waals surface area contributed by atoms with Crippen LogP contribution in [0.1, 0.15) is 74.6 Å². The third-order valence-corrected chi connectivity index (χ3v) is 6.72. The molecule has 1 saturated heterocycles. The monoisotopic (exact) mass is 356 g/mol. The van der Waals surface area contributed by atoms with Gasteiger partial charge in [0.2, 0.25) is 0 Å². The van der Waals surface area contributed by atoms with Crippen LogP contribution in [0.4, 0.5) is 4.79 Å². The summed E-state index contributed by atoms with van der Waals surface area (Å²) in [6, 6.07) is 6.58. The number of piperidine rings is 1. The van der Waals surface area contributed by atoms with Crippen LogP contribution in [0.15, 0.2) is 18.2 Å². The maximum absolute atomic E-state index is 12.7. The van der Waals surface area contributed by atoms with Gasteiger partial charge in [-0.1, -0.05) is 32.0 Å². The maximum Gasteiger partial charge on any atom is 0.317 e. The second-order valence-electron chi connectivity index (χ2n) is 8.77. The van der Waals surface area contributed by atoms with Crippen molar-refractivity contribution in [2.45, 2.75) is 63.3 Å². The number of urea groups is 1. The molecule has 0 aromatic heterocycles. The molecule has 0 saturated carbocycles. The van der Waals surface area contributed by atoms with Crippen LogP contribution < -0.4 is 5.32 Å². The number of benzene rings is 1. The lowest BCUT2D eigenvalue weighted by Crippen LogP contribution is -2.46. The Bertz CT molecular complexity index is 735. The number of likely N-dealkylation sites (tertiary alicyclic amines) is 1. The number of carboxylic acid groups (broad SMARTS) is 1. The first-order valence-electron chi connectivity index (χ1n) is 9.78. The minimum Gasteiger partial charge on any atom is -0.481 e. The highest BCUT2D eigenvalue weighted by Gasteiger charge is 2.41. The second-order valence-corrected chi connectivity index (χ2v) is 8.77. The van der Waals surface area contributed by atoms with Crippen molar-refractivity contribution in [3.63, 3.8) is 0 Å². The van der Waals surface area contributed by atoms with E-state index in [1.165, 1.54) is 29.5 Å². The van der Waals surface area contributed by atoms with Crippen molar-refractivity contribution in [3.05, 3.63) is 34.9 Å². The van der Waals surface area contributed by atoms with Crippen LogP contribution in [0, 0.1) is 5.92 Å². The molecule has 2 aliphatic carbocycles. The van der Waals surface area contributed by atoms with Gasteiger partial charge >= 0.3 is 12.0 Å². The van der Waals surface area contributed by atoms with Crippen molar-refractivity contribution >= 4 is 12.0 Å². The van der Waals surface area contributed by atoms with Crippen LogP contribution >= 0.6 is 0 Å². The second kappa shape index (κ2) is 6.29. The van der Waals surface area contributed by atoms with E-state index in [2.05, 4.69) is 37.4 Å². The van der Waals surface area contributed by atoms with Gasteiger partial charge in [0.25, 0.3) is 0 Å². The standard InChI is InChI=1S/C21H28N2O3/c1-21(2)9-6-14-12-17(15-4-3-5-16(21)18(14)15)22-20(26)23-10-7-13(8-11-23)19(24)25/h3-5,13-14,17H,6-12H2,1-2H3,(H,22,26)(H,24,25). The van der Waals surface area contributed by atoms with Gasteiger partial charge in [0, 0.05) is 13.1 Å². The van der Waals surface area contributed by atoms with Crippen molar-refractivity contribution in [2.24, 2.45) is 5.92 Å². The highest BCUT2D eigenvalue weighted by Crippen LogP contribution is 2.52. The van der Waals surface area contributed by atoms with Gasteiger partial charge in [-0.05, 0) is 60.1 Å². The van der Waals surface area contributed by atoms with E-state index >= 15 is 0 Å². The molecule has 5 heteroatoms. The summed E-state index contributed by atoms with van der Waals surface area (Å²) in [5.74, 6) is -0.502. The van der Waals surface area contributed by atoms with Crippen molar-refractivity contribution in [1.29, 1.82) is 0 Å². The summed E-state index contributed by atoms with van der Waals surface area (Å²) in [7, 11) is 0. The molecule has 2 atom stereocenters.